The molecule has 1 unspecified atom stereocenters. The molecular weight excluding hydrogens is 432 g/mol. The first-order valence-corrected chi connectivity index (χ1v) is 11.5. The summed E-state index contributed by atoms with van der Waals surface area (Å²) in [6.45, 7) is 10.1. The van der Waals surface area contributed by atoms with Crippen LogP contribution in [0.5, 0.6) is 5.75 Å². The Labute approximate surface area is 199 Å². The van der Waals surface area contributed by atoms with Crippen molar-refractivity contribution in [2.75, 3.05) is 28.6 Å². The molecule has 0 radical (unpaired) electrons. The number of aromatic hydroxyl groups is 1. The molecule has 7 N–H and O–H groups in total. The Hall–Kier alpha value is -3.27. The highest BCUT2D eigenvalue weighted by Gasteiger charge is 2.23. The Morgan fingerprint density at radius 2 is 1.76 bits per heavy atom. The van der Waals surface area contributed by atoms with E-state index < -0.39 is 6.23 Å². The molecule has 1 aromatic heterocycles. The van der Waals surface area contributed by atoms with Gasteiger partial charge in [-0.1, -0.05) is 12.1 Å². The second-order valence-electron chi connectivity index (χ2n) is 9.07. The van der Waals surface area contributed by atoms with Gasteiger partial charge in [0.1, 0.15) is 17.8 Å². The molecule has 3 aromatic rings. The number of phenolic OH excluding ortho intramolecular Hbond substituents is 1. The van der Waals surface area contributed by atoms with Crippen LogP contribution in [0, 0.1) is 13.8 Å². The monoisotopic (exact) mass is 466 g/mol. The van der Waals surface area contributed by atoms with Gasteiger partial charge in [0.25, 0.3) is 0 Å². The lowest BCUT2D eigenvalue weighted by Crippen LogP contribution is -2.45. The standard InChI is InChI=1S/C25H34N6O3/c1-14-9-18(10-15(2)22(14)32)11-27-24-21(23(26)33)25(30-29-24)28-19-5-7-20(8-6-19)31-12-16(3)34-17(4)13-31/h5-10,16-17,23,32-33H,11-13,26H2,1-4H3,(H3,27,28,29,30)/t16-,17+,23?. The lowest BCUT2D eigenvalue weighted by Gasteiger charge is -2.36. The van der Waals surface area contributed by atoms with Crippen molar-refractivity contribution in [3.63, 3.8) is 0 Å². The van der Waals surface area contributed by atoms with E-state index in [0.717, 1.165) is 41.2 Å². The number of aromatic nitrogens is 2. The summed E-state index contributed by atoms with van der Waals surface area (Å²) >= 11 is 0. The number of aromatic amines is 1. The first-order valence-electron chi connectivity index (χ1n) is 11.5. The molecule has 1 fully saturated rings. The molecule has 3 atom stereocenters. The number of hydrogen-bond donors (Lipinski definition) is 6. The highest BCUT2D eigenvalue weighted by Crippen LogP contribution is 2.30. The molecule has 9 nitrogen and oxygen atoms in total. The maximum Gasteiger partial charge on any atom is 0.161 e. The number of aliphatic hydroxyl groups excluding tert-OH is 1. The Bertz CT molecular complexity index is 1100. The number of nitrogens with zero attached hydrogens (tertiary/aromatic N) is 2. The maximum absolute atomic E-state index is 10.2. The Morgan fingerprint density at radius 1 is 1.15 bits per heavy atom. The van der Waals surface area contributed by atoms with E-state index in [1.807, 2.05) is 38.1 Å². The SMILES string of the molecule is Cc1cc(CNc2[nH]nc(Nc3ccc(N4C[C@@H](C)O[C@@H](C)C4)cc3)c2C(N)O)cc(C)c1O. The van der Waals surface area contributed by atoms with Gasteiger partial charge in [0.15, 0.2) is 5.82 Å². The molecule has 0 bridgehead atoms. The van der Waals surface area contributed by atoms with Gasteiger partial charge >= 0.3 is 0 Å². The number of nitrogens with two attached hydrogens (primary N) is 1. The third-order valence-corrected chi connectivity index (χ3v) is 6.03. The normalized spacial score (nSPS) is 19.2. The van der Waals surface area contributed by atoms with Gasteiger partial charge in [-0.3, -0.25) is 5.10 Å². The van der Waals surface area contributed by atoms with Gasteiger partial charge in [-0.25, -0.2) is 0 Å². The maximum atomic E-state index is 10.2. The van der Waals surface area contributed by atoms with Crippen molar-refractivity contribution in [3.8, 4) is 5.75 Å². The number of anilines is 4. The van der Waals surface area contributed by atoms with Crippen LogP contribution in [-0.4, -0.2) is 45.7 Å². The summed E-state index contributed by atoms with van der Waals surface area (Å²) in [6, 6.07) is 11.9. The zero-order valence-corrected chi connectivity index (χ0v) is 20.1. The largest absolute Gasteiger partial charge is 0.507 e. The minimum Gasteiger partial charge on any atom is -0.507 e. The number of nitrogens with one attached hydrogen (secondary N) is 3. The van der Waals surface area contributed by atoms with E-state index in [4.69, 9.17) is 10.5 Å². The first kappa shape index (κ1) is 23.9. The van der Waals surface area contributed by atoms with Crippen molar-refractivity contribution < 1.29 is 14.9 Å². The predicted molar refractivity (Wildman–Crippen MR) is 135 cm³/mol. The highest BCUT2D eigenvalue weighted by atomic mass is 16.5. The summed E-state index contributed by atoms with van der Waals surface area (Å²) in [5.74, 6) is 1.30. The van der Waals surface area contributed by atoms with Gasteiger partial charge in [0, 0.05) is 31.0 Å². The molecule has 0 amide bonds. The van der Waals surface area contributed by atoms with Gasteiger partial charge in [-0.15, -0.1) is 0 Å². The number of hydrogen-bond acceptors (Lipinski definition) is 8. The van der Waals surface area contributed by atoms with Crippen LogP contribution in [0.1, 0.15) is 42.3 Å². The summed E-state index contributed by atoms with van der Waals surface area (Å²) < 4.78 is 5.82. The van der Waals surface area contributed by atoms with E-state index in [-0.39, 0.29) is 12.2 Å². The fraction of sp³-hybridized carbons (Fsp3) is 0.400. The summed E-state index contributed by atoms with van der Waals surface area (Å²) in [5.41, 5.74) is 10.9. The molecule has 0 spiro atoms. The minimum atomic E-state index is -1.22. The average molecular weight is 467 g/mol. The number of rotatable bonds is 7. The van der Waals surface area contributed by atoms with Crippen molar-refractivity contribution >= 4 is 23.0 Å². The number of H-pyrrole nitrogens is 1. The van der Waals surface area contributed by atoms with E-state index in [1.165, 1.54) is 0 Å². The number of aryl methyl sites for hydroxylation is 2. The predicted octanol–water partition coefficient (Wildman–Crippen LogP) is 3.65. The third-order valence-electron chi connectivity index (χ3n) is 6.03. The van der Waals surface area contributed by atoms with Crippen LogP contribution < -0.4 is 21.3 Å². The van der Waals surface area contributed by atoms with Crippen LogP contribution in [0.15, 0.2) is 36.4 Å². The number of aliphatic hydroxyl groups is 1. The number of morpholine rings is 1. The molecule has 9 heteroatoms. The molecule has 2 aromatic carbocycles. The van der Waals surface area contributed by atoms with Crippen LogP contribution in [0.2, 0.25) is 0 Å². The molecule has 0 aliphatic carbocycles. The second-order valence-corrected chi connectivity index (χ2v) is 9.07. The molecule has 1 aliphatic heterocycles. The van der Waals surface area contributed by atoms with E-state index in [9.17, 15) is 10.2 Å². The fourth-order valence-corrected chi connectivity index (χ4v) is 4.49. The quantitative estimate of drug-likeness (QED) is 0.291. The lowest BCUT2D eigenvalue weighted by atomic mass is 10.1. The zero-order valence-electron chi connectivity index (χ0n) is 20.1. The Balaban J connectivity index is 1.46. The van der Waals surface area contributed by atoms with Gasteiger partial charge in [0.05, 0.1) is 17.8 Å². The van der Waals surface area contributed by atoms with Gasteiger partial charge in [-0.2, -0.15) is 5.10 Å². The first-order chi connectivity index (χ1) is 16.2. The van der Waals surface area contributed by atoms with Gasteiger partial charge in [0.2, 0.25) is 0 Å². The minimum absolute atomic E-state index is 0.194. The van der Waals surface area contributed by atoms with Crippen molar-refractivity contribution in [3.05, 3.63) is 58.7 Å². The van der Waals surface area contributed by atoms with Crippen molar-refractivity contribution in [2.24, 2.45) is 5.73 Å². The van der Waals surface area contributed by atoms with Crippen LogP contribution >= 0.6 is 0 Å². The molecule has 0 saturated carbocycles. The number of benzene rings is 2. The van der Waals surface area contributed by atoms with E-state index in [1.54, 1.807) is 0 Å². The van der Waals surface area contributed by atoms with E-state index in [0.29, 0.717) is 29.5 Å². The van der Waals surface area contributed by atoms with Crippen LogP contribution in [0.3, 0.4) is 0 Å². The van der Waals surface area contributed by atoms with Crippen molar-refractivity contribution in [1.82, 2.24) is 10.2 Å². The van der Waals surface area contributed by atoms with Gasteiger partial charge < -0.3 is 36.2 Å². The Kier molecular flexibility index (Phi) is 6.97. The highest BCUT2D eigenvalue weighted by molar-refractivity contribution is 5.68. The molecule has 4 rings (SSSR count). The molecule has 182 valence electrons. The number of phenols is 1. The Morgan fingerprint density at radius 3 is 2.35 bits per heavy atom. The van der Waals surface area contributed by atoms with Crippen molar-refractivity contribution in [1.29, 1.82) is 0 Å². The summed E-state index contributed by atoms with van der Waals surface area (Å²) in [6.07, 6.45) is -0.832. The summed E-state index contributed by atoms with van der Waals surface area (Å²) in [4.78, 5) is 2.32. The van der Waals surface area contributed by atoms with Gasteiger partial charge in [-0.05, 0) is 68.7 Å². The zero-order chi connectivity index (χ0) is 24.4. The summed E-state index contributed by atoms with van der Waals surface area (Å²) in [5, 5.41) is 34.0. The molecule has 34 heavy (non-hydrogen) atoms. The molecular formula is C25H34N6O3. The van der Waals surface area contributed by atoms with Crippen molar-refractivity contribution in [2.45, 2.75) is 52.7 Å². The smallest absolute Gasteiger partial charge is 0.161 e. The second kappa shape index (κ2) is 9.92. The molecule has 1 saturated heterocycles. The van der Waals surface area contributed by atoms with Crippen LogP contribution in [0.25, 0.3) is 0 Å². The van der Waals surface area contributed by atoms with E-state index >= 15 is 0 Å². The third kappa shape index (κ3) is 5.27. The lowest BCUT2D eigenvalue weighted by molar-refractivity contribution is -0.00521. The van der Waals surface area contributed by atoms with E-state index in [2.05, 4.69) is 51.7 Å². The average Bonchev–Trinajstić information content (AvgIpc) is 3.18. The topological polar surface area (TPSA) is 132 Å². The fourth-order valence-electron chi connectivity index (χ4n) is 4.49. The molecule has 2 heterocycles. The molecule has 1 aliphatic rings. The van der Waals surface area contributed by atoms with Crippen LogP contribution in [0.4, 0.5) is 23.0 Å². The number of ether oxygens (including phenoxy) is 1. The summed E-state index contributed by atoms with van der Waals surface area (Å²) in [7, 11) is 0. The van der Waals surface area contributed by atoms with Crippen LogP contribution in [-0.2, 0) is 11.3 Å².